The van der Waals surface area contributed by atoms with Crippen molar-refractivity contribution in [2.24, 2.45) is 29.6 Å². The fourth-order valence-corrected chi connectivity index (χ4v) is 14.0. The number of nitrogens with zero attached hydrogens (tertiary/aromatic N) is 1. The summed E-state index contributed by atoms with van der Waals surface area (Å²) in [5, 5.41) is 0. The summed E-state index contributed by atoms with van der Waals surface area (Å²) in [5.74, 6) is 5.20. The molecule has 0 radical (unpaired) electrons. The third kappa shape index (κ3) is 6.78. The molecular weight excluding hydrogens is 529 g/mol. The molecule has 2 unspecified atom stereocenters. The SMILES string of the molecule is O=CC1CCC(C2CCC(N(C3CCC(C4CCCCC4)CC3)C3CCC(C4CCCCC4)CC3)CC2)[Se]1. The first-order valence-electron chi connectivity index (χ1n) is 17.7. The summed E-state index contributed by atoms with van der Waals surface area (Å²) < 4.78 is 0. The average molecular weight is 589 g/mol. The fraction of sp³-hybridized carbons (Fsp3) is 0.971. The predicted molar refractivity (Wildman–Crippen MR) is 161 cm³/mol. The monoisotopic (exact) mass is 589 g/mol. The molecule has 1 heterocycles. The number of carbonyl (C=O) groups is 1. The minimum absolute atomic E-state index is 0.445. The summed E-state index contributed by atoms with van der Waals surface area (Å²) in [6.45, 7) is 0. The zero-order valence-electron chi connectivity index (χ0n) is 24.6. The van der Waals surface area contributed by atoms with E-state index < -0.39 is 0 Å². The van der Waals surface area contributed by atoms with Crippen LogP contribution < -0.4 is 0 Å². The van der Waals surface area contributed by atoms with E-state index in [0.29, 0.717) is 19.8 Å². The van der Waals surface area contributed by atoms with Crippen LogP contribution in [-0.2, 0) is 4.79 Å². The van der Waals surface area contributed by atoms with Crippen LogP contribution in [0.1, 0.15) is 154 Å². The van der Waals surface area contributed by atoms with Crippen LogP contribution in [0.4, 0.5) is 0 Å². The first-order valence-corrected chi connectivity index (χ1v) is 19.6. The van der Waals surface area contributed by atoms with E-state index in [1.807, 2.05) is 0 Å². The first-order chi connectivity index (χ1) is 18.8. The van der Waals surface area contributed by atoms with Gasteiger partial charge < -0.3 is 0 Å². The molecular formula is C35H59NOSe. The maximum atomic E-state index is 11.4. The number of aldehydes is 1. The normalized spacial score (nSPS) is 42.3. The van der Waals surface area contributed by atoms with Crippen LogP contribution in [-0.4, -0.2) is 44.3 Å². The van der Waals surface area contributed by atoms with Crippen LogP contribution in [0.2, 0.25) is 9.63 Å². The summed E-state index contributed by atoms with van der Waals surface area (Å²) in [6, 6.07) is 2.65. The van der Waals surface area contributed by atoms with E-state index in [4.69, 9.17) is 0 Å². The zero-order valence-corrected chi connectivity index (χ0v) is 26.3. The molecule has 1 aliphatic heterocycles. The van der Waals surface area contributed by atoms with Crippen molar-refractivity contribution in [3.8, 4) is 0 Å². The Morgan fingerprint density at radius 1 is 0.421 bits per heavy atom. The van der Waals surface area contributed by atoms with Gasteiger partial charge in [-0.2, -0.15) is 0 Å². The summed E-state index contributed by atoms with van der Waals surface area (Å²) in [7, 11) is 0. The van der Waals surface area contributed by atoms with Gasteiger partial charge >= 0.3 is 204 Å². The molecule has 0 aromatic rings. The van der Waals surface area contributed by atoms with Crippen molar-refractivity contribution in [3.05, 3.63) is 0 Å². The van der Waals surface area contributed by atoms with E-state index in [0.717, 1.165) is 52.5 Å². The Morgan fingerprint density at radius 2 is 0.816 bits per heavy atom. The second-order valence-corrected chi connectivity index (χ2v) is 18.0. The van der Waals surface area contributed by atoms with Gasteiger partial charge in [0.15, 0.2) is 0 Å². The van der Waals surface area contributed by atoms with E-state index in [-0.39, 0.29) is 0 Å². The molecule has 6 aliphatic rings. The Kier molecular flexibility index (Phi) is 10.3. The number of hydrogen-bond donors (Lipinski definition) is 0. The van der Waals surface area contributed by atoms with Gasteiger partial charge in [0.05, 0.1) is 0 Å². The molecule has 38 heavy (non-hydrogen) atoms. The van der Waals surface area contributed by atoms with Gasteiger partial charge in [0.2, 0.25) is 0 Å². The summed E-state index contributed by atoms with van der Waals surface area (Å²) in [4.78, 5) is 16.0. The topological polar surface area (TPSA) is 20.3 Å². The molecule has 5 aliphatic carbocycles. The van der Waals surface area contributed by atoms with Crippen molar-refractivity contribution >= 4 is 21.2 Å². The second kappa shape index (κ2) is 13.9. The molecule has 2 nitrogen and oxygen atoms in total. The van der Waals surface area contributed by atoms with Crippen LogP contribution in [0.5, 0.6) is 0 Å². The minimum atomic E-state index is 0.445. The Labute approximate surface area is 241 Å². The van der Waals surface area contributed by atoms with Crippen molar-refractivity contribution in [1.82, 2.24) is 4.90 Å². The van der Waals surface area contributed by atoms with Crippen LogP contribution >= 0.6 is 0 Å². The van der Waals surface area contributed by atoms with Crippen LogP contribution in [0, 0.1) is 29.6 Å². The van der Waals surface area contributed by atoms with E-state index in [2.05, 4.69) is 4.90 Å². The Balaban J connectivity index is 1.07. The van der Waals surface area contributed by atoms with Gasteiger partial charge in [0.1, 0.15) is 0 Å². The number of carbonyl (C=O) groups excluding carboxylic acids is 1. The molecule has 6 rings (SSSR count). The molecule has 0 aromatic heterocycles. The molecule has 0 aromatic carbocycles. The summed E-state index contributed by atoms with van der Waals surface area (Å²) in [6.07, 6.45) is 37.2. The van der Waals surface area contributed by atoms with Crippen LogP contribution in [0.3, 0.4) is 0 Å². The molecule has 2 atom stereocenters. The summed E-state index contributed by atoms with van der Waals surface area (Å²) >= 11 is 0.591. The molecule has 216 valence electrons. The average Bonchev–Trinajstić information content (AvgIpc) is 3.49. The van der Waals surface area contributed by atoms with Gasteiger partial charge in [-0.3, -0.25) is 0 Å². The van der Waals surface area contributed by atoms with Crippen molar-refractivity contribution in [3.63, 3.8) is 0 Å². The fourth-order valence-electron chi connectivity index (χ4n) is 10.8. The Hall–Kier alpha value is 0.149. The number of hydrogen-bond acceptors (Lipinski definition) is 2. The van der Waals surface area contributed by atoms with Gasteiger partial charge in [0, 0.05) is 0 Å². The quantitative estimate of drug-likeness (QED) is 0.218. The van der Waals surface area contributed by atoms with E-state index >= 15 is 0 Å². The van der Waals surface area contributed by atoms with E-state index in [9.17, 15) is 4.79 Å². The van der Waals surface area contributed by atoms with Crippen molar-refractivity contribution in [1.29, 1.82) is 0 Å². The third-order valence-corrected chi connectivity index (χ3v) is 16.4. The Morgan fingerprint density at radius 3 is 1.21 bits per heavy atom. The molecule has 0 amide bonds. The molecule has 5 saturated carbocycles. The van der Waals surface area contributed by atoms with Crippen molar-refractivity contribution < 1.29 is 4.79 Å². The van der Waals surface area contributed by atoms with Gasteiger partial charge in [-0.05, 0) is 0 Å². The number of rotatable bonds is 7. The van der Waals surface area contributed by atoms with Gasteiger partial charge in [0.25, 0.3) is 0 Å². The van der Waals surface area contributed by atoms with E-state index in [1.165, 1.54) is 135 Å². The van der Waals surface area contributed by atoms with E-state index in [1.54, 1.807) is 25.7 Å². The molecule has 3 heteroatoms. The molecule has 6 fully saturated rings. The second-order valence-electron chi connectivity index (χ2n) is 14.9. The predicted octanol–water partition coefficient (Wildman–Crippen LogP) is 9.40. The molecule has 0 N–H and O–H groups in total. The zero-order chi connectivity index (χ0) is 25.7. The van der Waals surface area contributed by atoms with Gasteiger partial charge in [-0.1, -0.05) is 38.5 Å². The van der Waals surface area contributed by atoms with Crippen molar-refractivity contribution in [2.75, 3.05) is 0 Å². The van der Waals surface area contributed by atoms with Crippen molar-refractivity contribution in [2.45, 2.75) is 182 Å². The molecule has 0 spiro atoms. The molecule has 0 bridgehead atoms. The third-order valence-electron chi connectivity index (χ3n) is 12.9. The van der Waals surface area contributed by atoms with Crippen LogP contribution in [0.25, 0.3) is 0 Å². The Bertz CT molecular complexity index is 667. The first kappa shape index (κ1) is 28.3. The van der Waals surface area contributed by atoms with Crippen LogP contribution in [0.15, 0.2) is 0 Å². The maximum absolute atomic E-state index is 11.4. The molecule has 1 saturated heterocycles. The van der Waals surface area contributed by atoms with Gasteiger partial charge in [-0.15, -0.1) is 0 Å². The van der Waals surface area contributed by atoms with Gasteiger partial charge in [-0.25, -0.2) is 0 Å². The summed E-state index contributed by atoms with van der Waals surface area (Å²) in [5.41, 5.74) is 0. The standard InChI is InChI=1S/C35H59NOSe/c37-25-34-23-24-35(38-34)30-15-21-33(22-16-30)36(31-17-11-28(12-18-31)26-7-3-1-4-8-26)32-19-13-29(14-20-32)27-9-5-2-6-10-27/h25-35H,1-24H2.